The van der Waals surface area contributed by atoms with Gasteiger partial charge < -0.3 is 10.1 Å². The molecule has 0 saturated heterocycles. The number of methoxy groups -OCH3 is 1. The second kappa shape index (κ2) is 5.10. The van der Waals surface area contributed by atoms with Crippen LogP contribution in [0.3, 0.4) is 0 Å². The summed E-state index contributed by atoms with van der Waals surface area (Å²) in [6.07, 6.45) is 0. The number of hydrogen-bond acceptors (Lipinski definition) is 5. The molecule has 1 unspecified atom stereocenters. The third-order valence-electron chi connectivity index (χ3n) is 2.93. The monoisotopic (exact) mass is 348 g/mol. The molecule has 1 aliphatic rings. The molecule has 0 spiro atoms. The first-order chi connectivity index (χ1) is 8.87. The summed E-state index contributed by atoms with van der Waals surface area (Å²) in [6.45, 7) is 1.53. The summed E-state index contributed by atoms with van der Waals surface area (Å²) >= 11 is 3.24. The number of nitrogens with one attached hydrogen (secondary N) is 1. The van der Waals surface area contributed by atoms with Gasteiger partial charge in [-0.15, -0.1) is 0 Å². The molecule has 0 aliphatic carbocycles. The van der Waals surface area contributed by atoms with Gasteiger partial charge in [0.2, 0.25) is 10.0 Å². The largest absolute Gasteiger partial charge is 0.468 e. The van der Waals surface area contributed by atoms with Gasteiger partial charge in [0.15, 0.2) is 0 Å². The minimum Gasteiger partial charge on any atom is -0.468 e. The van der Waals surface area contributed by atoms with E-state index in [2.05, 4.69) is 26.0 Å². The fourth-order valence-corrected chi connectivity index (χ4v) is 4.06. The minimum atomic E-state index is -3.72. The van der Waals surface area contributed by atoms with Crippen LogP contribution in [0.5, 0.6) is 0 Å². The van der Waals surface area contributed by atoms with Crippen LogP contribution in [0.25, 0.3) is 0 Å². The van der Waals surface area contributed by atoms with Crippen LogP contribution in [-0.4, -0.2) is 38.5 Å². The van der Waals surface area contributed by atoms with Gasteiger partial charge in [-0.2, -0.15) is 4.31 Å². The van der Waals surface area contributed by atoms with Gasteiger partial charge in [-0.05, 0) is 25.1 Å². The van der Waals surface area contributed by atoms with Gasteiger partial charge >= 0.3 is 5.97 Å². The molecule has 0 saturated carbocycles. The van der Waals surface area contributed by atoms with Gasteiger partial charge in [0.05, 0.1) is 19.5 Å². The van der Waals surface area contributed by atoms with Crippen molar-refractivity contribution in [1.82, 2.24) is 4.31 Å². The second-order valence-electron chi connectivity index (χ2n) is 4.07. The predicted molar refractivity (Wildman–Crippen MR) is 73.1 cm³/mol. The lowest BCUT2D eigenvalue weighted by Crippen LogP contribution is -2.48. The van der Waals surface area contributed by atoms with Gasteiger partial charge in [-0.3, -0.25) is 4.79 Å². The van der Waals surface area contributed by atoms with E-state index in [0.29, 0.717) is 10.2 Å². The molecule has 0 amide bonds. The van der Waals surface area contributed by atoms with Gasteiger partial charge in [-0.1, -0.05) is 15.9 Å². The van der Waals surface area contributed by atoms with Crippen molar-refractivity contribution in [3.63, 3.8) is 0 Å². The van der Waals surface area contributed by atoms with Crippen LogP contribution in [0.4, 0.5) is 5.69 Å². The van der Waals surface area contributed by atoms with E-state index >= 15 is 0 Å². The predicted octanol–water partition coefficient (Wildman–Crippen LogP) is 1.38. The number of halogens is 1. The van der Waals surface area contributed by atoms with Crippen molar-refractivity contribution in [2.24, 2.45) is 0 Å². The molecule has 2 rings (SSSR count). The van der Waals surface area contributed by atoms with E-state index < -0.39 is 22.0 Å². The Kier molecular flexibility index (Phi) is 3.84. The number of hydrogen-bond donors (Lipinski definition) is 1. The molecule has 0 aromatic heterocycles. The number of sulfonamides is 1. The zero-order valence-electron chi connectivity index (χ0n) is 10.4. The Morgan fingerprint density at radius 3 is 2.84 bits per heavy atom. The molecule has 1 N–H and O–H groups in total. The summed E-state index contributed by atoms with van der Waals surface area (Å²) in [4.78, 5) is 11.7. The van der Waals surface area contributed by atoms with Crippen LogP contribution in [0.2, 0.25) is 0 Å². The summed E-state index contributed by atoms with van der Waals surface area (Å²) in [5.41, 5.74) is 0.525. The average molecular weight is 349 g/mol. The number of carbonyl (C=O) groups is 1. The summed E-state index contributed by atoms with van der Waals surface area (Å²) in [5.74, 6) is -0.594. The molecule has 19 heavy (non-hydrogen) atoms. The molecule has 1 aromatic carbocycles. The van der Waals surface area contributed by atoms with Gasteiger partial charge in [-0.25, -0.2) is 8.42 Å². The highest BCUT2D eigenvalue weighted by Crippen LogP contribution is 2.32. The maximum atomic E-state index is 12.5. The number of fused-ring (bicyclic) bond motifs is 1. The van der Waals surface area contributed by atoms with Crippen molar-refractivity contribution in [2.75, 3.05) is 19.1 Å². The Bertz CT molecular complexity index is 617. The molecule has 0 radical (unpaired) electrons. The van der Waals surface area contributed by atoms with Gasteiger partial charge in [0.25, 0.3) is 0 Å². The van der Waals surface area contributed by atoms with Crippen LogP contribution >= 0.6 is 15.9 Å². The second-order valence-corrected chi connectivity index (χ2v) is 6.84. The van der Waals surface area contributed by atoms with Crippen molar-refractivity contribution < 1.29 is 17.9 Å². The summed E-state index contributed by atoms with van der Waals surface area (Å²) in [6, 6.07) is 4.06. The number of esters is 1. The maximum Gasteiger partial charge on any atom is 0.323 e. The number of rotatable bonds is 2. The van der Waals surface area contributed by atoms with Crippen molar-refractivity contribution in [3.8, 4) is 0 Å². The fourth-order valence-electron chi connectivity index (χ4n) is 1.86. The van der Waals surface area contributed by atoms with E-state index in [0.717, 1.165) is 4.31 Å². The number of benzene rings is 1. The standard InChI is InChI=1S/C11H13BrN2O4S/c1-7(11(15)18-2)14-6-13-9-4-3-8(12)5-10(9)19(14,16)17/h3-5,7,13H,6H2,1-2H3. The van der Waals surface area contributed by atoms with E-state index in [1.807, 2.05) is 0 Å². The Balaban J connectivity index is 2.46. The molecule has 0 bridgehead atoms. The first-order valence-corrected chi connectivity index (χ1v) is 7.74. The molecule has 1 atom stereocenters. The minimum absolute atomic E-state index is 0.0350. The van der Waals surface area contributed by atoms with Crippen molar-refractivity contribution in [2.45, 2.75) is 17.9 Å². The van der Waals surface area contributed by atoms with Crippen molar-refractivity contribution in [1.29, 1.82) is 0 Å². The third kappa shape index (κ3) is 2.47. The quantitative estimate of drug-likeness (QED) is 0.817. The molecule has 0 fully saturated rings. The Morgan fingerprint density at radius 2 is 2.21 bits per heavy atom. The highest BCUT2D eigenvalue weighted by Gasteiger charge is 2.37. The molecule has 104 valence electrons. The molecular formula is C11H13BrN2O4S. The highest BCUT2D eigenvalue weighted by atomic mass is 79.9. The normalized spacial score (nSPS) is 19.1. The zero-order valence-corrected chi connectivity index (χ0v) is 12.8. The highest BCUT2D eigenvalue weighted by molar-refractivity contribution is 9.10. The SMILES string of the molecule is COC(=O)C(C)N1CNc2ccc(Br)cc2S1(=O)=O. The van der Waals surface area contributed by atoms with E-state index in [-0.39, 0.29) is 11.6 Å². The van der Waals surface area contributed by atoms with Gasteiger partial charge in [0, 0.05) is 4.47 Å². The van der Waals surface area contributed by atoms with Gasteiger partial charge in [0.1, 0.15) is 10.9 Å². The number of carbonyl (C=O) groups excluding carboxylic acids is 1. The Hall–Kier alpha value is -1.12. The fraction of sp³-hybridized carbons (Fsp3) is 0.364. The maximum absolute atomic E-state index is 12.5. The summed E-state index contributed by atoms with van der Waals surface area (Å²) in [5, 5.41) is 2.97. The molecule has 8 heteroatoms. The summed E-state index contributed by atoms with van der Waals surface area (Å²) in [7, 11) is -2.49. The topological polar surface area (TPSA) is 75.7 Å². The van der Waals surface area contributed by atoms with E-state index in [1.54, 1.807) is 12.1 Å². The summed E-state index contributed by atoms with van der Waals surface area (Å²) < 4.78 is 31.3. The lowest BCUT2D eigenvalue weighted by Gasteiger charge is -2.32. The molecular weight excluding hydrogens is 336 g/mol. The molecule has 1 heterocycles. The Labute approximate surface area is 119 Å². The van der Waals surface area contributed by atoms with E-state index in [9.17, 15) is 13.2 Å². The lowest BCUT2D eigenvalue weighted by molar-refractivity contribution is -0.144. The van der Waals surface area contributed by atoms with Crippen LogP contribution in [0.15, 0.2) is 27.6 Å². The first kappa shape index (κ1) is 14.3. The zero-order chi connectivity index (χ0) is 14.2. The van der Waals surface area contributed by atoms with Crippen molar-refractivity contribution >= 4 is 37.6 Å². The van der Waals surface area contributed by atoms with E-state index in [4.69, 9.17) is 0 Å². The van der Waals surface area contributed by atoms with E-state index in [1.165, 1.54) is 20.1 Å². The Morgan fingerprint density at radius 1 is 1.53 bits per heavy atom. The first-order valence-electron chi connectivity index (χ1n) is 5.51. The lowest BCUT2D eigenvalue weighted by atomic mass is 10.3. The van der Waals surface area contributed by atoms with Crippen LogP contribution in [-0.2, 0) is 19.6 Å². The third-order valence-corrected chi connectivity index (χ3v) is 5.38. The van der Waals surface area contributed by atoms with Crippen molar-refractivity contribution in [3.05, 3.63) is 22.7 Å². The number of nitrogens with zero attached hydrogens (tertiary/aromatic N) is 1. The van der Waals surface area contributed by atoms with Crippen LogP contribution in [0, 0.1) is 0 Å². The number of anilines is 1. The number of ether oxygens (including phenoxy) is 1. The molecule has 1 aromatic rings. The molecule has 1 aliphatic heterocycles. The van der Waals surface area contributed by atoms with Crippen LogP contribution < -0.4 is 5.32 Å². The van der Waals surface area contributed by atoms with Crippen LogP contribution in [0.1, 0.15) is 6.92 Å². The average Bonchev–Trinajstić information content (AvgIpc) is 2.38. The molecule has 6 nitrogen and oxygen atoms in total. The smallest absolute Gasteiger partial charge is 0.323 e.